The summed E-state index contributed by atoms with van der Waals surface area (Å²) in [6.07, 6.45) is 16.0. The first kappa shape index (κ1) is 22.6. The maximum atomic E-state index is 12.2. The number of hydrogen-bond donors (Lipinski definition) is 0. The second-order valence-corrected chi connectivity index (χ2v) is 11.5. The molecule has 4 rings (SSSR count). The van der Waals surface area contributed by atoms with Crippen molar-refractivity contribution < 1.29 is 14.3 Å². The van der Waals surface area contributed by atoms with E-state index >= 15 is 0 Å². The average Bonchev–Trinajstić information content (AvgIpc) is 3.05. The molecule has 0 aliphatic heterocycles. The molecule has 0 aromatic rings. The fraction of sp³-hybridized carbons (Fsp3) is 0.714. The Labute approximate surface area is 188 Å². The number of carbonyl (C=O) groups excluding carboxylic acids is 2. The smallest absolute Gasteiger partial charge is 0.302 e. The maximum Gasteiger partial charge on any atom is 0.302 e. The predicted octanol–water partition coefficient (Wildman–Crippen LogP) is 6.30. The topological polar surface area (TPSA) is 43.4 Å². The summed E-state index contributed by atoms with van der Waals surface area (Å²) >= 11 is 0. The van der Waals surface area contributed by atoms with Crippen molar-refractivity contribution in [2.24, 2.45) is 46.3 Å². The van der Waals surface area contributed by atoms with E-state index in [1.165, 1.54) is 18.4 Å². The lowest BCUT2D eigenvalue weighted by Crippen LogP contribution is -2.57. The fourth-order valence-corrected chi connectivity index (χ4v) is 7.94. The molecule has 3 saturated carbocycles. The molecular weight excluding hydrogens is 384 g/mol. The summed E-state index contributed by atoms with van der Waals surface area (Å²) in [5, 5.41) is 0. The van der Waals surface area contributed by atoms with Crippen molar-refractivity contribution in [3.8, 4) is 0 Å². The molecule has 3 nitrogen and oxygen atoms in total. The first-order chi connectivity index (χ1) is 14.6. The van der Waals surface area contributed by atoms with Crippen LogP contribution in [0.2, 0.25) is 0 Å². The Balaban J connectivity index is 1.71. The lowest BCUT2D eigenvalue weighted by molar-refractivity contribution is -0.177. The SMILES string of the molecule is CC(=O)O[C@@H]1C[C@H]2[C@@H](CCC3=CC(=O)C=C[C@@]32C)[C@@H]2CC[C@H]([C@@H](C)/C=C/C(C)C)[C@@]12C. The van der Waals surface area contributed by atoms with Gasteiger partial charge in [0.1, 0.15) is 6.10 Å². The number of ketones is 1. The van der Waals surface area contributed by atoms with Gasteiger partial charge in [-0.2, -0.15) is 0 Å². The van der Waals surface area contributed by atoms with Crippen LogP contribution in [0.3, 0.4) is 0 Å². The molecule has 31 heavy (non-hydrogen) atoms. The number of allylic oxidation sites excluding steroid dienone is 6. The highest BCUT2D eigenvalue weighted by Crippen LogP contribution is 2.67. The zero-order valence-corrected chi connectivity index (χ0v) is 20.2. The molecule has 4 aliphatic carbocycles. The summed E-state index contributed by atoms with van der Waals surface area (Å²) in [4.78, 5) is 24.2. The van der Waals surface area contributed by atoms with Gasteiger partial charge in [0.05, 0.1) is 0 Å². The molecule has 3 heteroatoms. The normalized spacial score (nSPS) is 42.7. The van der Waals surface area contributed by atoms with E-state index in [9.17, 15) is 9.59 Å². The van der Waals surface area contributed by atoms with Crippen LogP contribution < -0.4 is 0 Å². The molecule has 170 valence electrons. The molecule has 0 saturated heterocycles. The zero-order valence-electron chi connectivity index (χ0n) is 20.2. The van der Waals surface area contributed by atoms with Gasteiger partial charge >= 0.3 is 5.97 Å². The largest absolute Gasteiger partial charge is 0.462 e. The summed E-state index contributed by atoms with van der Waals surface area (Å²) in [7, 11) is 0. The molecule has 8 atom stereocenters. The van der Waals surface area contributed by atoms with Gasteiger partial charge in [0.25, 0.3) is 0 Å². The highest BCUT2D eigenvalue weighted by molar-refractivity contribution is 6.01. The number of ether oxygens (including phenoxy) is 1. The van der Waals surface area contributed by atoms with E-state index in [-0.39, 0.29) is 28.7 Å². The van der Waals surface area contributed by atoms with Crippen LogP contribution in [0.4, 0.5) is 0 Å². The third-order valence-electron chi connectivity index (χ3n) is 9.44. The van der Waals surface area contributed by atoms with Crippen molar-refractivity contribution in [1.82, 2.24) is 0 Å². The molecule has 3 fully saturated rings. The van der Waals surface area contributed by atoms with Crippen LogP contribution in [0.1, 0.15) is 73.6 Å². The van der Waals surface area contributed by atoms with E-state index in [2.05, 4.69) is 52.8 Å². The summed E-state index contributed by atoms with van der Waals surface area (Å²) in [6, 6.07) is 0. The van der Waals surface area contributed by atoms with Crippen LogP contribution in [0.5, 0.6) is 0 Å². The van der Waals surface area contributed by atoms with Gasteiger partial charge < -0.3 is 4.74 Å². The van der Waals surface area contributed by atoms with Crippen LogP contribution in [-0.2, 0) is 14.3 Å². The minimum absolute atomic E-state index is 0.0132. The zero-order chi connectivity index (χ0) is 22.6. The summed E-state index contributed by atoms with van der Waals surface area (Å²) in [5.74, 6) is 3.15. The number of hydrogen-bond acceptors (Lipinski definition) is 3. The van der Waals surface area contributed by atoms with E-state index < -0.39 is 0 Å². The van der Waals surface area contributed by atoms with E-state index in [1.807, 2.05) is 6.08 Å². The van der Waals surface area contributed by atoms with E-state index in [0.29, 0.717) is 35.5 Å². The first-order valence-corrected chi connectivity index (χ1v) is 12.4. The molecule has 0 heterocycles. The summed E-state index contributed by atoms with van der Waals surface area (Å²) in [6.45, 7) is 13.1. The Morgan fingerprint density at radius 2 is 1.87 bits per heavy atom. The maximum absolute atomic E-state index is 12.2. The minimum Gasteiger partial charge on any atom is -0.462 e. The number of esters is 1. The van der Waals surface area contributed by atoms with Crippen molar-refractivity contribution in [3.05, 3.63) is 36.0 Å². The van der Waals surface area contributed by atoms with Gasteiger partial charge in [-0.05, 0) is 79.8 Å². The van der Waals surface area contributed by atoms with Crippen molar-refractivity contribution in [3.63, 3.8) is 0 Å². The second kappa shape index (κ2) is 8.05. The predicted molar refractivity (Wildman–Crippen MR) is 124 cm³/mol. The highest BCUT2D eigenvalue weighted by atomic mass is 16.5. The van der Waals surface area contributed by atoms with Crippen molar-refractivity contribution >= 4 is 11.8 Å². The Bertz CT molecular complexity index is 833. The molecule has 4 aliphatic rings. The standard InChI is InChI=1S/C28H40O3/c1-17(2)7-8-18(3)23-11-12-24-22-10-9-20-15-21(30)13-14-27(20,5)25(22)16-26(28(23,24)6)31-19(4)29/h7-8,13-15,17-18,22-26H,9-12,16H2,1-6H3/b8-7+/t18-,22-,23+,24-,25-,26+,27-,28+/m0/s1. The first-order valence-electron chi connectivity index (χ1n) is 12.4. The van der Waals surface area contributed by atoms with Gasteiger partial charge in [0.2, 0.25) is 0 Å². The average molecular weight is 425 g/mol. The quantitative estimate of drug-likeness (QED) is 0.393. The van der Waals surface area contributed by atoms with E-state index in [4.69, 9.17) is 4.74 Å². The number of carbonyl (C=O) groups is 2. The second-order valence-electron chi connectivity index (χ2n) is 11.5. The van der Waals surface area contributed by atoms with Crippen molar-refractivity contribution in [1.29, 1.82) is 0 Å². The monoisotopic (exact) mass is 424 g/mol. The third-order valence-corrected chi connectivity index (χ3v) is 9.44. The molecule has 0 spiro atoms. The highest BCUT2D eigenvalue weighted by Gasteiger charge is 2.63. The van der Waals surface area contributed by atoms with E-state index in [0.717, 1.165) is 19.3 Å². The lowest BCUT2D eigenvalue weighted by Gasteiger charge is -2.59. The lowest BCUT2D eigenvalue weighted by atomic mass is 9.46. The molecule has 0 N–H and O–H groups in total. The summed E-state index contributed by atoms with van der Waals surface area (Å²) < 4.78 is 6.14. The van der Waals surface area contributed by atoms with Gasteiger partial charge in [-0.1, -0.05) is 58.4 Å². The molecule has 0 aromatic heterocycles. The van der Waals surface area contributed by atoms with Crippen LogP contribution in [0.15, 0.2) is 36.0 Å². The van der Waals surface area contributed by atoms with Crippen LogP contribution in [0, 0.1) is 46.3 Å². The molecule has 0 amide bonds. The van der Waals surface area contributed by atoms with Gasteiger partial charge in [0, 0.05) is 17.8 Å². The fourth-order valence-electron chi connectivity index (χ4n) is 7.94. The minimum atomic E-state index is -0.162. The van der Waals surface area contributed by atoms with Gasteiger partial charge in [0.15, 0.2) is 5.78 Å². The van der Waals surface area contributed by atoms with Gasteiger partial charge in [-0.25, -0.2) is 0 Å². The molecule has 0 bridgehead atoms. The third kappa shape index (κ3) is 3.66. The Morgan fingerprint density at radius 1 is 1.13 bits per heavy atom. The van der Waals surface area contributed by atoms with E-state index in [1.54, 1.807) is 13.0 Å². The molecular formula is C28H40O3. The van der Waals surface area contributed by atoms with Crippen LogP contribution in [-0.4, -0.2) is 17.9 Å². The van der Waals surface area contributed by atoms with Crippen molar-refractivity contribution in [2.75, 3.05) is 0 Å². The Kier molecular flexibility index (Phi) is 5.85. The number of fused-ring (bicyclic) bond motifs is 5. The Morgan fingerprint density at radius 3 is 2.55 bits per heavy atom. The number of rotatable bonds is 4. The van der Waals surface area contributed by atoms with Gasteiger partial charge in [-0.15, -0.1) is 0 Å². The molecule has 0 radical (unpaired) electrons. The summed E-state index contributed by atoms with van der Waals surface area (Å²) in [5.41, 5.74) is 1.21. The Hall–Kier alpha value is -1.64. The van der Waals surface area contributed by atoms with Crippen LogP contribution >= 0.6 is 0 Å². The molecule has 0 aromatic carbocycles. The van der Waals surface area contributed by atoms with Gasteiger partial charge in [-0.3, -0.25) is 9.59 Å². The molecule has 0 unspecified atom stereocenters. The van der Waals surface area contributed by atoms with Crippen molar-refractivity contribution in [2.45, 2.75) is 79.8 Å². The van der Waals surface area contributed by atoms with Crippen LogP contribution in [0.25, 0.3) is 0 Å².